The minimum atomic E-state index is -2.97. The van der Waals surface area contributed by atoms with Crippen molar-refractivity contribution in [2.45, 2.75) is 46.2 Å². The molecule has 0 saturated carbocycles. The molecule has 1 aliphatic rings. The molecule has 1 atom stereocenters. The van der Waals surface area contributed by atoms with Crippen LogP contribution in [0.3, 0.4) is 0 Å². The zero-order valence-electron chi connectivity index (χ0n) is 16.4. The molecule has 0 bridgehead atoms. The molecule has 1 fully saturated rings. The standard InChI is InChI=1S/C20H27N3O3S/c1-5-16-6-8-17(9-7-16)20(24)22(4)12-19-14(2)21-23(15(19)3)18-10-11-27(25,26)13-18/h6-9,18H,5,10-13H2,1-4H3/t18-/m1/s1. The summed E-state index contributed by atoms with van der Waals surface area (Å²) in [6.07, 6.45) is 1.54. The highest BCUT2D eigenvalue weighted by molar-refractivity contribution is 7.91. The monoisotopic (exact) mass is 389 g/mol. The van der Waals surface area contributed by atoms with Crippen molar-refractivity contribution >= 4 is 15.7 Å². The molecule has 0 N–H and O–H groups in total. The van der Waals surface area contributed by atoms with Crippen LogP contribution < -0.4 is 0 Å². The first-order chi connectivity index (χ1) is 12.7. The number of hydrogen-bond acceptors (Lipinski definition) is 4. The summed E-state index contributed by atoms with van der Waals surface area (Å²) in [6, 6.07) is 7.59. The van der Waals surface area contributed by atoms with Gasteiger partial charge in [0.2, 0.25) is 0 Å². The molecule has 1 aromatic carbocycles. The Bertz CT molecular complexity index is 946. The Labute approximate surface area is 161 Å². The topological polar surface area (TPSA) is 72.3 Å². The number of rotatable bonds is 5. The number of nitrogens with zero attached hydrogens (tertiary/aromatic N) is 3. The van der Waals surface area contributed by atoms with Crippen molar-refractivity contribution in [1.29, 1.82) is 0 Å². The van der Waals surface area contributed by atoms with E-state index in [1.54, 1.807) is 11.9 Å². The second-order valence-corrected chi connectivity index (χ2v) is 9.59. The molecule has 0 unspecified atom stereocenters. The zero-order valence-corrected chi connectivity index (χ0v) is 17.2. The Balaban J connectivity index is 1.77. The fraction of sp³-hybridized carbons (Fsp3) is 0.500. The van der Waals surface area contributed by atoms with E-state index in [9.17, 15) is 13.2 Å². The Hall–Kier alpha value is -2.15. The van der Waals surface area contributed by atoms with Crippen LogP contribution in [0.2, 0.25) is 0 Å². The summed E-state index contributed by atoms with van der Waals surface area (Å²) in [5, 5.41) is 4.58. The Morgan fingerprint density at radius 2 is 1.93 bits per heavy atom. The Morgan fingerprint density at radius 1 is 1.26 bits per heavy atom. The van der Waals surface area contributed by atoms with Crippen LogP contribution in [0.1, 0.15) is 52.3 Å². The van der Waals surface area contributed by atoms with E-state index in [-0.39, 0.29) is 23.5 Å². The summed E-state index contributed by atoms with van der Waals surface area (Å²) >= 11 is 0. The Morgan fingerprint density at radius 3 is 2.48 bits per heavy atom. The van der Waals surface area contributed by atoms with Crippen LogP contribution >= 0.6 is 0 Å². The molecule has 1 amide bonds. The maximum Gasteiger partial charge on any atom is 0.253 e. The van der Waals surface area contributed by atoms with Crippen LogP contribution in [0.4, 0.5) is 0 Å². The molecule has 1 aromatic heterocycles. The fourth-order valence-electron chi connectivity index (χ4n) is 3.66. The van der Waals surface area contributed by atoms with Crippen molar-refractivity contribution in [3.63, 3.8) is 0 Å². The maximum absolute atomic E-state index is 12.7. The van der Waals surface area contributed by atoms with E-state index in [1.165, 1.54) is 5.56 Å². The number of benzene rings is 1. The van der Waals surface area contributed by atoms with Crippen LogP contribution in [0.25, 0.3) is 0 Å². The molecular formula is C20H27N3O3S. The summed E-state index contributed by atoms with van der Waals surface area (Å²) in [6.45, 7) is 6.40. The lowest BCUT2D eigenvalue weighted by Crippen LogP contribution is -2.26. The van der Waals surface area contributed by atoms with Gasteiger partial charge in [0.25, 0.3) is 5.91 Å². The van der Waals surface area contributed by atoms with Crippen molar-refractivity contribution in [2.75, 3.05) is 18.6 Å². The van der Waals surface area contributed by atoms with Gasteiger partial charge in [-0.05, 0) is 44.4 Å². The highest BCUT2D eigenvalue weighted by Gasteiger charge is 2.31. The molecule has 1 saturated heterocycles. The maximum atomic E-state index is 12.7. The van der Waals surface area contributed by atoms with Gasteiger partial charge < -0.3 is 4.90 Å². The number of hydrogen-bond donors (Lipinski definition) is 0. The molecule has 27 heavy (non-hydrogen) atoms. The molecule has 0 aliphatic carbocycles. The number of carbonyl (C=O) groups is 1. The molecule has 7 heteroatoms. The van der Waals surface area contributed by atoms with Gasteiger partial charge in [-0.1, -0.05) is 19.1 Å². The number of aryl methyl sites for hydroxylation is 2. The Kier molecular flexibility index (Phi) is 5.42. The van der Waals surface area contributed by atoms with Gasteiger partial charge in [0.05, 0.1) is 23.2 Å². The van der Waals surface area contributed by atoms with Crippen LogP contribution in [-0.2, 0) is 22.8 Å². The van der Waals surface area contributed by atoms with E-state index in [0.717, 1.165) is 23.4 Å². The van der Waals surface area contributed by atoms with Gasteiger partial charge in [0.15, 0.2) is 9.84 Å². The highest BCUT2D eigenvalue weighted by atomic mass is 32.2. The van der Waals surface area contributed by atoms with E-state index in [4.69, 9.17) is 0 Å². The van der Waals surface area contributed by atoms with Crippen molar-refractivity contribution in [2.24, 2.45) is 0 Å². The quantitative estimate of drug-likeness (QED) is 0.788. The van der Waals surface area contributed by atoms with Gasteiger partial charge in [0, 0.05) is 30.4 Å². The summed E-state index contributed by atoms with van der Waals surface area (Å²) in [5.41, 5.74) is 4.64. The SMILES string of the molecule is CCc1ccc(C(=O)N(C)Cc2c(C)nn([C@@H]3CCS(=O)(=O)C3)c2C)cc1. The molecule has 2 aromatic rings. The van der Waals surface area contributed by atoms with E-state index in [1.807, 2.05) is 42.8 Å². The lowest BCUT2D eigenvalue weighted by atomic mass is 10.1. The fourth-order valence-corrected chi connectivity index (χ4v) is 5.35. The summed E-state index contributed by atoms with van der Waals surface area (Å²) in [4.78, 5) is 14.4. The van der Waals surface area contributed by atoms with E-state index in [0.29, 0.717) is 18.5 Å². The molecule has 3 rings (SSSR count). The summed E-state index contributed by atoms with van der Waals surface area (Å²) < 4.78 is 25.4. The molecular weight excluding hydrogens is 362 g/mol. The number of aromatic nitrogens is 2. The van der Waals surface area contributed by atoms with Crippen LogP contribution in [-0.4, -0.2) is 47.6 Å². The summed E-state index contributed by atoms with van der Waals surface area (Å²) in [5.74, 6) is 0.331. The normalized spacial score (nSPS) is 18.6. The third-order valence-electron chi connectivity index (χ3n) is 5.38. The minimum Gasteiger partial charge on any atom is -0.337 e. The van der Waals surface area contributed by atoms with Crippen molar-refractivity contribution in [3.05, 3.63) is 52.3 Å². The van der Waals surface area contributed by atoms with E-state index in [2.05, 4.69) is 12.0 Å². The lowest BCUT2D eigenvalue weighted by Gasteiger charge is -2.18. The second-order valence-electron chi connectivity index (χ2n) is 7.36. The first kappa shape index (κ1) is 19.6. The highest BCUT2D eigenvalue weighted by Crippen LogP contribution is 2.27. The average Bonchev–Trinajstić information content (AvgIpc) is 3.14. The van der Waals surface area contributed by atoms with Gasteiger partial charge >= 0.3 is 0 Å². The molecule has 1 aliphatic heterocycles. The third-order valence-corrected chi connectivity index (χ3v) is 7.13. The third kappa shape index (κ3) is 4.08. The number of amides is 1. The lowest BCUT2D eigenvalue weighted by molar-refractivity contribution is 0.0784. The van der Waals surface area contributed by atoms with Crippen molar-refractivity contribution < 1.29 is 13.2 Å². The number of carbonyl (C=O) groups excluding carboxylic acids is 1. The average molecular weight is 390 g/mol. The van der Waals surface area contributed by atoms with Gasteiger partial charge in [0.1, 0.15) is 0 Å². The van der Waals surface area contributed by atoms with Gasteiger partial charge in [-0.2, -0.15) is 5.10 Å². The van der Waals surface area contributed by atoms with Crippen LogP contribution in [0.5, 0.6) is 0 Å². The smallest absolute Gasteiger partial charge is 0.253 e. The van der Waals surface area contributed by atoms with Crippen LogP contribution in [0.15, 0.2) is 24.3 Å². The van der Waals surface area contributed by atoms with Gasteiger partial charge in [-0.3, -0.25) is 9.48 Å². The van der Waals surface area contributed by atoms with Gasteiger partial charge in [-0.15, -0.1) is 0 Å². The van der Waals surface area contributed by atoms with Gasteiger partial charge in [-0.25, -0.2) is 8.42 Å². The molecule has 2 heterocycles. The predicted octanol–water partition coefficient (Wildman–Crippen LogP) is 2.69. The van der Waals surface area contributed by atoms with E-state index < -0.39 is 9.84 Å². The largest absolute Gasteiger partial charge is 0.337 e. The molecule has 0 spiro atoms. The minimum absolute atomic E-state index is 0.0346. The predicted molar refractivity (Wildman–Crippen MR) is 106 cm³/mol. The van der Waals surface area contributed by atoms with Crippen molar-refractivity contribution in [1.82, 2.24) is 14.7 Å². The molecule has 6 nitrogen and oxygen atoms in total. The number of sulfone groups is 1. The second kappa shape index (κ2) is 7.46. The van der Waals surface area contributed by atoms with E-state index >= 15 is 0 Å². The first-order valence-electron chi connectivity index (χ1n) is 9.31. The molecule has 146 valence electrons. The first-order valence-corrected chi connectivity index (χ1v) is 11.1. The van der Waals surface area contributed by atoms with Crippen molar-refractivity contribution in [3.8, 4) is 0 Å². The zero-order chi connectivity index (χ0) is 19.8. The van der Waals surface area contributed by atoms with Crippen LogP contribution in [0, 0.1) is 13.8 Å². The summed E-state index contributed by atoms with van der Waals surface area (Å²) in [7, 11) is -1.18. The molecule has 0 radical (unpaired) electrons.